The Hall–Kier alpha value is -3.42. The number of rotatable bonds is 6. The first-order valence-corrected chi connectivity index (χ1v) is 8.98. The highest BCUT2D eigenvalue weighted by molar-refractivity contribution is 6.03. The summed E-state index contributed by atoms with van der Waals surface area (Å²) in [5.41, 5.74) is 1.70. The summed E-state index contributed by atoms with van der Waals surface area (Å²) in [6.45, 7) is 4.46. The molecule has 2 aromatic rings. The van der Waals surface area contributed by atoms with Crippen molar-refractivity contribution in [2.75, 3.05) is 23.4 Å². The molecule has 0 aliphatic carbocycles. The number of non-ortho nitro benzene ring substituents is 1. The molecule has 1 saturated heterocycles. The fourth-order valence-electron chi connectivity index (χ4n) is 3.11. The molecule has 0 radical (unpaired) electrons. The van der Waals surface area contributed by atoms with Crippen molar-refractivity contribution < 1.29 is 19.2 Å². The van der Waals surface area contributed by atoms with Gasteiger partial charge in [0.2, 0.25) is 11.8 Å². The average molecular weight is 383 g/mol. The molecule has 2 aromatic carbocycles. The van der Waals surface area contributed by atoms with Crippen LogP contribution in [0.4, 0.5) is 17.1 Å². The van der Waals surface area contributed by atoms with E-state index in [1.165, 1.54) is 12.1 Å². The lowest BCUT2D eigenvalue weighted by atomic mass is 10.1. The Labute approximate surface area is 162 Å². The molecule has 0 spiro atoms. The first-order chi connectivity index (χ1) is 13.4. The number of nitrogens with zero attached hydrogens (tertiary/aromatic N) is 2. The maximum absolute atomic E-state index is 12.6. The first-order valence-electron chi connectivity index (χ1n) is 8.98. The van der Waals surface area contributed by atoms with Crippen LogP contribution < -0.4 is 15.0 Å². The molecule has 0 bridgehead atoms. The van der Waals surface area contributed by atoms with E-state index in [0.717, 1.165) is 0 Å². The summed E-state index contributed by atoms with van der Waals surface area (Å²) >= 11 is 0. The van der Waals surface area contributed by atoms with Crippen LogP contribution in [0.2, 0.25) is 0 Å². The van der Waals surface area contributed by atoms with Gasteiger partial charge in [-0.1, -0.05) is 6.07 Å². The number of nitro groups is 1. The lowest BCUT2D eigenvalue weighted by Gasteiger charge is -2.17. The predicted molar refractivity (Wildman–Crippen MR) is 105 cm³/mol. The van der Waals surface area contributed by atoms with Crippen LogP contribution in [0, 0.1) is 23.0 Å². The molecule has 1 N–H and O–H groups in total. The predicted octanol–water partition coefficient (Wildman–Crippen LogP) is 3.29. The second-order valence-corrected chi connectivity index (χ2v) is 6.58. The van der Waals surface area contributed by atoms with Crippen molar-refractivity contribution in [2.45, 2.75) is 20.3 Å². The smallest absolute Gasteiger partial charge is 0.271 e. The van der Waals surface area contributed by atoms with Crippen LogP contribution in [0.15, 0.2) is 42.5 Å². The summed E-state index contributed by atoms with van der Waals surface area (Å²) in [5.74, 6) is -0.281. The van der Waals surface area contributed by atoms with Gasteiger partial charge in [0.25, 0.3) is 5.69 Å². The topological polar surface area (TPSA) is 102 Å². The molecule has 0 unspecified atom stereocenters. The third kappa shape index (κ3) is 4.11. The van der Waals surface area contributed by atoms with Gasteiger partial charge in [0.05, 0.1) is 23.1 Å². The molecule has 8 heteroatoms. The van der Waals surface area contributed by atoms with E-state index in [1.807, 2.05) is 6.92 Å². The number of nitrogens with one attached hydrogen (secondary N) is 1. The molecule has 1 fully saturated rings. The second kappa shape index (κ2) is 8.08. The molecule has 1 aliphatic heterocycles. The monoisotopic (exact) mass is 383 g/mol. The van der Waals surface area contributed by atoms with Gasteiger partial charge in [-0.05, 0) is 43.7 Å². The Bertz CT molecular complexity index is 911. The van der Waals surface area contributed by atoms with E-state index in [2.05, 4.69) is 5.32 Å². The molecule has 3 rings (SSSR count). The van der Waals surface area contributed by atoms with Gasteiger partial charge in [-0.3, -0.25) is 19.7 Å². The number of anilines is 2. The van der Waals surface area contributed by atoms with E-state index < -0.39 is 10.8 Å². The van der Waals surface area contributed by atoms with Crippen LogP contribution in [0.3, 0.4) is 0 Å². The summed E-state index contributed by atoms with van der Waals surface area (Å²) in [6, 6.07) is 11.4. The van der Waals surface area contributed by atoms with Crippen molar-refractivity contribution in [3.8, 4) is 5.75 Å². The summed E-state index contributed by atoms with van der Waals surface area (Å²) in [6.07, 6.45) is 0.0903. The second-order valence-electron chi connectivity index (χ2n) is 6.58. The fourth-order valence-corrected chi connectivity index (χ4v) is 3.11. The number of nitro benzene ring substituents is 1. The molecular weight excluding hydrogens is 362 g/mol. The third-order valence-corrected chi connectivity index (χ3v) is 4.65. The molecule has 1 aliphatic rings. The number of amides is 2. The molecule has 1 heterocycles. The van der Waals surface area contributed by atoms with Crippen molar-refractivity contribution >= 4 is 28.9 Å². The number of hydrogen-bond acceptors (Lipinski definition) is 5. The SMILES string of the molecule is CCOc1ccc(N2C[C@H](C(=O)Nc3cc([N+](=O)[O-])ccc3C)CC2=O)cc1. The Balaban J connectivity index is 1.70. The van der Waals surface area contributed by atoms with Crippen LogP contribution in [0.1, 0.15) is 18.9 Å². The normalized spacial score (nSPS) is 16.1. The van der Waals surface area contributed by atoms with Gasteiger partial charge in [-0.15, -0.1) is 0 Å². The third-order valence-electron chi connectivity index (χ3n) is 4.65. The summed E-state index contributed by atoms with van der Waals surface area (Å²) < 4.78 is 5.40. The first kappa shape index (κ1) is 19.3. The van der Waals surface area contributed by atoms with Crippen molar-refractivity contribution in [2.24, 2.45) is 5.92 Å². The van der Waals surface area contributed by atoms with Gasteiger partial charge in [0.1, 0.15) is 5.75 Å². The number of carbonyl (C=O) groups excluding carboxylic acids is 2. The molecule has 28 heavy (non-hydrogen) atoms. The van der Waals surface area contributed by atoms with Crippen molar-refractivity contribution in [1.82, 2.24) is 0 Å². The zero-order valence-electron chi connectivity index (χ0n) is 15.7. The van der Waals surface area contributed by atoms with Crippen LogP contribution in [-0.2, 0) is 9.59 Å². The van der Waals surface area contributed by atoms with E-state index in [4.69, 9.17) is 4.74 Å². The minimum absolute atomic E-state index is 0.0903. The van der Waals surface area contributed by atoms with Crippen molar-refractivity contribution in [3.63, 3.8) is 0 Å². The Morgan fingerprint density at radius 2 is 2.00 bits per heavy atom. The molecule has 2 amide bonds. The Morgan fingerprint density at radius 1 is 1.29 bits per heavy atom. The zero-order chi connectivity index (χ0) is 20.3. The molecule has 146 valence electrons. The molecular formula is C20H21N3O5. The Kier molecular flexibility index (Phi) is 5.58. The van der Waals surface area contributed by atoms with Crippen LogP contribution in [0.5, 0.6) is 5.75 Å². The van der Waals surface area contributed by atoms with Crippen molar-refractivity contribution in [3.05, 3.63) is 58.1 Å². The number of ether oxygens (including phenoxy) is 1. The lowest BCUT2D eigenvalue weighted by molar-refractivity contribution is -0.384. The average Bonchev–Trinajstić information content (AvgIpc) is 3.06. The zero-order valence-corrected chi connectivity index (χ0v) is 15.7. The molecule has 0 saturated carbocycles. The van der Waals surface area contributed by atoms with Crippen LogP contribution in [-0.4, -0.2) is 29.9 Å². The summed E-state index contributed by atoms with van der Waals surface area (Å²) in [5, 5.41) is 13.7. The van der Waals surface area contributed by atoms with Crippen LogP contribution in [0.25, 0.3) is 0 Å². The van der Waals surface area contributed by atoms with Gasteiger partial charge in [0.15, 0.2) is 0 Å². The maximum atomic E-state index is 12.6. The molecule has 1 atom stereocenters. The van der Waals surface area contributed by atoms with E-state index in [1.54, 1.807) is 42.2 Å². The quantitative estimate of drug-likeness (QED) is 0.609. The van der Waals surface area contributed by atoms with Gasteiger partial charge >= 0.3 is 0 Å². The fraction of sp³-hybridized carbons (Fsp3) is 0.300. The van der Waals surface area contributed by atoms with E-state index in [-0.39, 0.29) is 30.5 Å². The highest BCUT2D eigenvalue weighted by Gasteiger charge is 2.35. The highest BCUT2D eigenvalue weighted by Crippen LogP contribution is 2.29. The van der Waals surface area contributed by atoms with Crippen LogP contribution >= 0.6 is 0 Å². The largest absolute Gasteiger partial charge is 0.494 e. The van der Waals surface area contributed by atoms with Gasteiger partial charge in [-0.2, -0.15) is 0 Å². The number of carbonyl (C=O) groups is 2. The summed E-state index contributed by atoms with van der Waals surface area (Å²) in [4.78, 5) is 37.0. The number of hydrogen-bond donors (Lipinski definition) is 1. The Morgan fingerprint density at radius 3 is 2.64 bits per heavy atom. The maximum Gasteiger partial charge on any atom is 0.271 e. The number of aryl methyl sites for hydroxylation is 1. The summed E-state index contributed by atoms with van der Waals surface area (Å²) in [7, 11) is 0. The van der Waals surface area contributed by atoms with Crippen molar-refractivity contribution in [1.29, 1.82) is 0 Å². The number of benzene rings is 2. The minimum atomic E-state index is -0.530. The standard InChI is InChI=1S/C20H21N3O5/c1-3-28-17-8-6-15(7-9-17)22-12-14(10-19(22)24)20(25)21-18-11-16(23(26)27)5-4-13(18)2/h4-9,11,14H,3,10,12H2,1-2H3,(H,21,25)/t14-/m1/s1. The van der Waals surface area contributed by atoms with E-state index >= 15 is 0 Å². The van der Waals surface area contributed by atoms with E-state index in [9.17, 15) is 19.7 Å². The van der Waals surface area contributed by atoms with Gasteiger partial charge < -0.3 is 15.0 Å². The van der Waals surface area contributed by atoms with Gasteiger partial charge in [-0.25, -0.2) is 0 Å². The minimum Gasteiger partial charge on any atom is -0.494 e. The molecule has 8 nitrogen and oxygen atoms in total. The lowest BCUT2D eigenvalue weighted by Crippen LogP contribution is -2.28. The van der Waals surface area contributed by atoms with E-state index in [0.29, 0.717) is 29.3 Å². The highest BCUT2D eigenvalue weighted by atomic mass is 16.6. The molecule has 0 aromatic heterocycles. The van der Waals surface area contributed by atoms with Gasteiger partial charge in [0, 0.05) is 30.8 Å².